The zero-order valence-corrected chi connectivity index (χ0v) is 7.95. The number of ketones is 1. The lowest BCUT2D eigenvalue weighted by molar-refractivity contribution is 0.100. The topological polar surface area (TPSA) is 47.8 Å². The molecule has 13 heavy (non-hydrogen) atoms. The first kappa shape index (κ1) is 8.41. The van der Waals surface area contributed by atoms with Gasteiger partial charge in [-0.3, -0.25) is 4.79 Å². The van der Waals surface area contributed by atoms with Crippen LogP contribution in [0.25, 0.3) is 0 Å². The van der Waals surface area contributed by atoms with E-state index >= 15 is 0 Å². The van der Waals surface area contributed by atoms with E-state index in [1.807, 2.05) is 4.68 Å². The van der Waals surface area contributed by atoms with Crippen LogP contribution in [0.4, 0.5) is 0 Å². The van der Waals surface area contributed by atoms with Crippen LogP contribution in [0.5, 0.6) is 0 Å². The fraction of sp³-hybridized carbons (Fsp3) is 0.667. The summed E-state index contributed by atoms with van der Waals surface area (Å²) in [6, 6.07) is 0. The predicted octanol–water partition coefficient (Wildman–Crippen LogP) is 1.38. The normalized spacial score (nSPS) is 21.2. The van der Waals surface area contributed by atoms with E-state index in [1.165, 1.54) is 6.92 Å². The zero-order chi connectivity index (χ0) is 9.42. The number of carbonyl (C=O) groups is 1. The molecule has 2 rings (SSSR count). The molecule has 0 amide bonds. The SMILES string of the molecule is CC(=O)c1nc2n(n1)CCCC2C. The van der Waals surface area contributed by atoms with Crippen molar-refractivity contribution in [3.05, 3.63) is 11.6 Å². The molecular weight excluding hydrogens is 166 g/mol. The van der Waals surface area contributed by atoms with Crippen molar-refractivity contribution >= 4 is 5.78 Å². The second kappa shape index (κ2) is 2.94. The molecule has 1 aromatic rings. The standard InChI is InChI=1S/C9H13N3O/c1-6-4-3-5-12-9(6)10-8(11-12)7(2)13/h6H,3-5H2,1-2H3. The van der Waals surface area contributed by atoms with Crippen molar-refractivity contribution in [3.63, 3.8) is 0 Å². The Kier molecular flexibility index (Phi) is 1.90. The molecule has 1 aliphatic heterocycles. The minimum Gasteiger partial charge on any atom is -0.291 e. The zero-order valence-electron chi connectivity index (χ0n) is 7.95. The molecule has 70 valence electrons. The molecule has 0 spiro atoms. The third-order valence-electron chi connectivity index (χ3n) is 2.46. The fourth-order valence-electron chi connectivity index (χ4n) is 1.71. The first-order valence-corrected chi connectivity index (χ1v) is 4.64. The Labute approximate surface area is 77.0 Å². The van der Waals surface area contributed by atoms with Crippen LogP contribution in [0.1, 0.15) is 49.1 Å². The highest BCUT2D eigenvalue weighted by atomic mass is 16.1. The van der Waals surface area contributed by atoms with Crippen LogP contribution in [0.15, 0.2) is 0 Å². The molecule has 2 heterocycles. The van der Waals surface area contributed by atoms with E-state index in [1.54, 1.807) is 0 Å². The minimum absolute atomic E-state index is 0.0471. The summed E-state index contributed by atoms with van der Waals surface area (Å²) >= 11 is 0. The number of nitrogens with zero attached hydrogens (tertiary/aromatic N) is 3. The lowest BCUT2D eigenvalue weighted by Gasteiger charge is -2.17. The van der Waals surface area contributed by atoms with Gasteiger partial charge in [-0.2, -0.15) is 0 Å². The maximum absolute atomic E-state index is 11.0. The van der Waals surface area contributed by atoms with E-state index in [9.17, 15) is 4.79 Å². The summed E-state index contributed by atoms with van der Waals surface area (Å²) in [6.07, 6.45) is 2.28. The van der Waals surface area contributed by atoms with Crippen molar-refractivity contribution in [2.24, 2.45) is 0 Å². The van der Waals surface area contributed by atoms with Crippen LogP contribution in [0.3, 0.4) is 0 Å². The molecule has 4 nitrogen and oxygen atoms in total. The third-order valence-corrected chi connectivity index (χ3v) is 2.46. The molecule has 1 aliphatic rings. The van der Waals surface area contributed by atoms with Gasteiger partial charge in [0.1, 0.15) is 5.82 Å². The molecule has 0 aliphatic carbocycles. The Hall–Kier alpha value is -1.19. The Balaban J connectivity index is 2.42. The highest BCUT2D eigenvalue weighted by Gasteiger charge is 2.21. The Bertz CT molecular complexity index is 343. The van der Waals surface area contributed by atoms with E-state index in [0.717, 1.165) is 25.2 Å². The maximum Gasteiger partial charge on any atom is 0.217 e. The second-order valence-corrected chi connectivity index (χ2v) is 3.62. The number of Topliss-reactive ketones (excluding diaryl/α,β-unsaturated/α-hetero) is 1. The Morgan fingerprint density at radius 3 is 3.00 bits per heavy atom. The van der Waals surface area contributed by atoms with Gasteiger partial charge in [-0.25, -0.2) is 9.67 Å². The maximum atomic E-state index is 11.0. The van der Waals surface area contributed by atoms with Crippen LogP contribution in [-0.2, 0) is 6.54 Å². The number of carbonyl (C=O) groups excluding carboxylic acids is 1. The summed E-state index contributed by atoms with van der Waals surface area (Å²) in [5, 5.41) is 4.16. The molecule has 0 aromatic carbocycles. The van der Waals surface area contributed by atoms with E-state index in [2.05, 4.69) is 17.0 Å². The van der Waals surface area contributed by atoms with E-state index in [0.29, 0.717) is 11.7 Å². The van der Waals surface area contributed by atoms with Crippen LogP contribution >= 0.6 is 0 Å². The summed E-state index contributed by atoms with van der Waals surface area (Å²) in [5.41, 5.74) is 0. The van der Waals surface area contributed by atoms with E-state index < -0.39 is 0 Å². The van der Waals surface area contributed by atoms with Gasteiger partial charge in [0.2, 0.25) is 5.82 Å². The average Bonchev–Trinajstić information content (AvgIpc) is 2.49. The highest BCUT2D eigenvalue weighted by molar-refractivity contribution is 5.90. The van der Waals surface area contributed by atoms with Gasteiger partial charge in [0.25, 0.3) is 0 Å². The van der Waals surface area contributed by atoms with Crippen LogP contribution < -0.4 is 0 Å². The van der Waals surface area contributed by atoms with Crippen molar-refractivity contribution in [2.45, 2.75) is 39.2 Å². The number of hydrogen-bond donors (Lipinski definition) is 0. The summed E-state index contributed by atoms with van der Waals surface area (Å²) in [4.78, 5) is 15.3. The number of fused-ring (bicyclic) bond motifs is 1. The van der Waals surface area contributed by atoms with Gasteiger partial charge in [0, 0.05) is 19.4 Å². The number of rotatable bonds is 1. The van der Waals surface area contributed by atoms with Gasteiger partial charge >= 0.3 is 0 Å². The van der Waals surface area contributed by atoms with E-state index in [-0.39, 0.29) is 5.78 Å². The van der Waals surface area contributed by atoms with Crippen molar-refractivity contribution in [3.8, 4) is 0 Å². The van der Waals surface area contributed by atoms with Gasteiger partial charge in [0.15, 0.2) is 5.78 Å². The number of aryl methyl sites for hydroxylation is 1. The Morgan fingerprint density at radius 1 is 1.62 bits per heavy atom. The largest absolute Gasteiger partial charge is 0.291 e. The van der Waals surface area contributed by atoms with Gasteiger partial charge in [0.05, 0.1) is 0 Å². The van der Waals surface area contributed by atoms with Gasteiger partial charge in [-0.1, -0.05) is 6.92 Å². The highest BCUT2D eigenvalue weighted by Crippen LogP contribution is 2.24. The van der Waals surface area contributed by atoms with E-state index in [4.69, 9.17) is 0 Å². The molecule has 0 N–H and O–H groups in total. The summed E-state index contributed by atoms with van der Waals surface area (Å²) in [6.45, 7) is 4.54. The average molecular weight is 179 g/mol. The van der Waals surface area contributed by atoms with Crippen molar-refractivity contribution < 1.29 is 4.79 Å². The van der Waals surface area contributed by atoms with Crippen molar-refractivity contribution in [2.75, 3.05) is 0 Å². The van der Waals surface area contributed by atoms with Crippen molar-refractivity contribution in [1.82, 2.24) is 14.8 Å². The molecule has 0 saturated heterocycles. The number of aromatic nitrogens is 3. The summed E-state index contributed by atoms with van der Waals surface area (Å²) < 4.78 is 1.87. The molecule has 1 aromatic heterocycles. The summed E-state index contributed by atoms with van der Waals surface area (Å²) in [7, 11) is 0. The molecule has 0 radical (unpaired) electrons. The van der Waals surface area contributed by atoms with Gasteiger partial charge in [-0.15, -0.1) is 5.10 Å². The number of hydrogen-bond acceptors (Lipinski definition) is 3. The first-order valence-electron chi connectivity index (χ1n) is 4.64. The van der Waals surface area contributed by atoms with Gasteiger partial charge < -0.3 is 0 Å². The molecule has 0 saturated carbocycles. The molecule has 4 heteroatoms. The lowest BCUT2D eigenvalue weighted by atomic mass is 10.0. The molecule has 1 atom stereocenters. The summed E-state index contributed by atoms with van der Waals surface area (Å²) in [5.74, 6) is 1.73. The molecule has 1 unspecified atom stereocenters. The van der Waals surface area contributed by atoms with Crippen molar-refractivity contribution in [1.29, 1.82) is 0 Å². The minimum atomic E-state index is -0.0471. The quantitative estimate of drug-likeness (QED) is 0.612. The first-order chi connectivity index (χ1) is 6.18. The van der Waals surface area contributed by atoms with Crippen LogP contribution in [-0.4, -0.2) is 20.5 Å². The monoisotopic (exact) mass is 179 g/mol. The lowest BCUT2D eigenvalue weighted by Crippen LogP contribution is -2.14. The smallest absolute Gasteiger partial charge is 0.217 e. The fourth-order valence-corrected chi connectivity index (χ4v) is 1.71. The van der Waals surface area contributed by atoms with Crippen LogP contribution in [0, 0.1) is 0 Å². The Morgan fingerprint density at radius 2 is 2.38 bits per heavy atom. The van der Waals surface area contributed by atoms with Gasteiger partial charge in [-0.05, 0) is 12.8 Å². The second-order valence-electron chi connectivity index (χ2n) is 3.62. The molecule has 0 fully saturated rings. The third kappa shape index (κ3) is 1.36. The molecule has 0 bridgehead atoms. The molecular formula is C9H13N3O. The predicted molar refractivity (Wildman–Crippen MR) is 47.7 cm³/mol. The van der Waals surface area contributed by atoms with Crippen LogP contribution in [0.2, 0.25) is 0 Å².